The smallest absolute Gasteiger partial charge is 0.255 e. The summed E-state index contributed by atoms with van der Waals surface area (Å²) in [6, 6.07) is 1.87. The van der Waals surface area contributed by atoms with Gasteiger partial charge >= 0.3 is 0 Å². The molecule has 0 spiro atoms. The number of thiophene rings is 1. The van der Waals surface area contributed by atoms with Crippen LogP contribution in [0, 0.1) is 0 Å². The zero-order valence-corrected chi connectivity index (χ0v) is 14.8. The van der Waals surface area contributed by atoms with E-state index < -0.39 is 0 Å². The molecule has 1 aliphatic heterocycles. The molecule has 0 bridgehead atoms. The third-order valence-corrected chi connectivity index (χ3v) is 5.53. The van der Waals surface area contributed by atoms with E-state index in [0.717, 1.165) is 52.4 Å². The van der Waals surface area contributed by atoms with Crippen LogP contribution in [-0.2, 0) is 0 Å². The Morgan fingerprint density at radius 3 is 2.74 bits per heavy atom. The summed E-state index contributed by atoms with van der Waals surface area (Å²) in [5.41, 5.74) is 0.736. The van der Waals surface area contributed by atoms with E-state index in [2.05, 4.69) is 42.1 Å². The van der Waals surface area contributed by atoms with Crippen LogP contribution < -0.4 is 5.32 Å². The van der Waals surface area contributed by atoms with E-state index in [4.69, 9.17) is 0 Å². The number of carbonyl (C=O) groups excluding carboxylic acids is 1. The average molecular weight is 411 g/mol. The first-order chi connectivity index (χ1) is 9.08. The Morgan fingerprint density at radius 2 is 2.16 bits per heavy atom. The van der Waals surface area contributed by atoms with Crippen molar-refractivity contribution in [3.8, 4) is 0 Å². The van der Waals surface area contributed by atoms with Gasteiger partial charge in [-0.15, -0.1) is 11.3 Å². The van der Waals surface area contributed by atoms with Crippen LogP contribution in [-0.4, -0.2) is 62.0 Å². The van der Waals surface area contributed by atoms with Gasteiger partial charge in [-0.1, -0.05) is 0 Å². The van der Waals surface area contributed by atoms with Crippen molar-refractivity contribution in [3.63, 3.8) is 0 Å². The van der Waals surface area contributed by atoms with Gasteiger partial charge < -0.3 is 10.2 Å². The molecule has 0 unspecified atom stereocenters. The molecule has 4 nitrogen and oxygen atoms in total. The second-order valence-corrected chi connectivity index (χ2v) is 8.31. The molecule has 1 aliphatic rings. The predicted octanol–water partition coefficient (Wildman–Crippen LogP) is 2.25. The number of carbonyl (C=O) groups is 1. The Morgan fingerprint density at radius 1 is 1.47 bits per heavy atom. The molecule has 0 saturated carbocycles. The van der Waals surface area contributed by atoms with E-state index in [-0.39, 0.29) is 5.91 Å². The minimum Gasteiger partial charge on any atom is -0.340 e. The summed E-state index contributed by atoms with van der Waals surface area (Å²) in [6.07, 6.45) is 0. The van der Waals surface area contributed by atoms with Crippen LogP contribution in [0.2, 0.25) is 0 Å². The van der Waals surface area contributed by atoms with E-state index in [0.29, 0.717) is 0 Å². The van der Waals surface area contributed by atoms with Crippen molar-refractivity contribution in [3.05, 3.63) is 19.2 Å². The molecule has 1 N–H and O–H groups in total. The third-order valence-electron chi connectivity index (χ3n) is 3.20. The Labute approximate surface area is 134 Å². The number of piperazine rings is 1. The molecule has 1 fully saturated rings. The Balaban J connectivity index is 1.86. The summed E-state index contributed by atoms with van der Waals surface area (Å²) in [5.74, 6) is 0.0731. The summed E-state index contributed by atoms with van der Waals surface area (Å²) >= 11 is 8.37. The lowest BCUT2D eigenvalue weighted by molar-refractivity contribution is 0.0774. The maximum absolute atomic E-state index is 12.3. The van der Waals surface area contributed by atoms with Crippen LogP contribution in [0.3, 0.4) is 0 Å². The lowest BCUT2D eigenvalue weighted by Gasteiger charge is -2.29. The van der Waals surface area contributed by atoms with Gasteiger partial charge in [0.25, 0.3) is 5.91 Å². The van der Waals surface area contributed by atoms with Crippen molar-refractivity contribution >= 4 is 49.1 Å². The van der Waals surface area contributed by atoms with Gasteiger partial charge in [0.05, 0.1) is 13.1 Å². The predicted molar refractivity (Wildman–Crippen MR) is 86.0 cm³/mol. The zero-order chi connectivity index (χ0) is 13.8. The number of likely N-dealkylation sites (N-methyl/N-ethyl adjacent to an activating group) is 1. The number of nitrogens with one attached hydrogen (secondary N) is 1. The SMILES string of the molecule is CN(CCN1CCNCC1)C(=O)c1cc(Br)sc1Br. The number of hydrogen-bond acceptors (Lipinski definition) is 4. The minimum absolute atomic E-state index is 0.0731. The topological polar surface area (TPSA) is 35.6 Å². The molecule has 1 aromatic rings. The van der Waals surface area contributed by atoms with Crippen molar-refractivity contribution in [2.24, 2.45) is 0 Å². The highest BCUT2D eigenvalue weighted by Crippen LogP contribution is 2.32. The number of amides is 1. The Bertz CT molecular complexity index is 446. The highest BCUT2D eigenvalue weighted by Gasteiger charge is 2.18. The van der Waals surface area contributed by atoms with Crippen LogP contribution in [0.1, 0.15) is 10.4 Å². The molecule has 0 aliphatic carbocycles. The van der Waals surface area contributed by atoms with Crippen molar-refractivity contribution in [1.82, 2.24) is 15.1 Å². The summed E-state index contributed by atoms with van der Waals surface area (Å²) in [6.45, 7) is 5.92. The second kappa shape index (κ2) is 7.17. The summed E-state index contributed by atoms with van der Waals surface area (Å²) < 4.78 is 1.86. The Hall–Kier alpha value is 0.0500. The van der Waals surface area contributed by atoms with E-state index >= 15 is 0 Å². The van der Waals surface area contributed by atoms with Gasteiger partial charge in [-0.05, 0) is 37.9 Å². The number of nitrogens with zero attached hydrogens (tertiary/aromatic N) is 2. The standard InChI is InChI=1S/C12H17Br2N3OS/c1-16(6-7-17-4-2-15-3-5-17)12(18)9-8-10(13)19-11(9)14/h8,15H,2-7H2,1H3. The highest BCUT2D eigenvalue weighted by atomic mass is 79.9. The quantitative estimate of drug-likeness (QED) is 0.826. The highest BCUT2D eigenvalue weighted by molar-refractivity contribution is 9.12. The molecule has 7 heteroatoms. The van der Waals surface area contributed by atoms with Gasteiger partial charge in [0, 0.05) is 46.3 Å². The molecule has 0 radical (unpaired) electrons. The van der Waals surface area contributed by atoms with Crippen LogP contribution in [0.15, 0.2) is 13.6 Å². The lowest BCUT2D eigenvalue weighted by atomic mass is 10.3. The van der Waals surface area contributed by atoms with Gasteiger partial charge in [-0.25, -0.2) is 0 Å². The zero-order valence-electron chi connectivity index (χ0n) is 10.8. The molecule has 1 aromatic heterocycles. The van der Waals surface area contributed by atoms with Crippen LogP contribution >= 0.6 is 43.2 Å². The van der Waals surface area contributed by atoms with Crippen LogP contribution in [0.25, 0.3) is 0 Å². The fraction of sp³-hybridized carbons (Fsp3) is 0.583. The van der Waals surface area contributed by atoms with E-state index in [1.165, 1.54) is 11.3 Å². The van der Waals surface area contributed by atoms with Crippen molar-refractivity contribution < 1.29 is 4.79 Å². The molecule has 2 rings (SSSR count). The number of rotatable bonds is 4. The average Bonchev–Trinajstić information content (AvgIpc) is 2.75. The minimum atomic E-state index is 0.0731. The Kier molecular flexibility index (Phi) is 5.83. The molecule has 1 amide bonds. The largest absolute Gasteiger partial charge is 0.340 e. The number of hydrogen-bond donors (Lipinski definition) is 1. The van der Waals surface area contributed by atoms with Crippen molar-refractivity contribution in [1.29, 1.82) is 0 Å². The van der Waals surface area contributed by atoms with Gasteiger partial charge in [0.2, 0.25) is 0 Å². The van der Waals surface area contributed by atoms with Crippen LogP contribution in [0.4, 0.5) is 0 Å². The first kappa shape index (κ1) is 15.4. The summed E-state index contributed by atoms with van der Waals surface area (Å²) in [5, 5.41) is 3.33. The van der Waals surface area contributed by atoms with E-state index in [9.17, 15) is 4.79 Å². The van der Waals surface area contributed by atoms with E-state index in [1.807, 2.05) is 13.1 Å². The summed E-state index contributed by atoms with van der Waals surface area (Å²) in [7, 11) is 1.86. The van der Waals surface area contributed by atoms with Gasteiger partial charge in [-0.3, -0.25) is 9.69 Å². The van der Waals surface area contributed by atoms with Crippen LogP contribution in [0.5, 0.6) is 0 Å². The first-order valence-electron chi connectivity index (χ1n) is 6.21. The maximum Gasteiger partial charge on any atom is 0.255 e. The third kappa shape index (κ3) is 4.26. The molecule has 106 valence electrons. The van der Waals surface area contributed by atoms with Gasteiger partial charge in [0.1, 0.15) is 0 Å². The first-order valence-corrected chi connectivity index (χ1v) is 8.61. The molecule has 1 saturated heterocycles. The van der Waals surface area contributed by atoms with E-state index in [1.54, 1.807) is 4.90 Å². The molecule has 0 aromatic carbocycles. The second-order valence-electron chi connectivity index (χ2n) is 4.56. The molecular formula is C12H17Br2N3OS. The number of halogens is 2. The lowest BCUT2D eigenvalue weighted by Crippen LogP contribution is -2.46. The normalized spacial score (nSPS) is 16.6. The van der Waals surface area contributed by atoms with Gasteiger partial charge in [-0.2, -0.15) is 0 Å². The maximum atomic E-state index is 12.3. The monoisotopic (exact) mass is 409 g/mol. The molecule has 0 atom stereocenters. The molecule has 2 heterocycles. The summed E-state index contributed by atoms with van der Waals surface area (Å²) in [4.78, 5) is 16.5. The molecule has 19 heavy (non-hydrogen) atoms. The fourth-order valence-corrected chi connectivity index (χ4v) is 4.80. The van der Waals surface area contributed by atoms with Crippen molar-refractivity contribution in [2.45, 2.75) is 0 Å². The fourth-order valence-electron chi connectivity index (χ4n) is 2.02. The van der Waals surface area contributed by atoms with Crippen molar-refractivity contribution in [2.75, 3.05) is 46.3 Å². The molecular weight excluding hydrogens is 394 g/mol. The van der Waals surface area contributed by atoms with Gasteiger partial charge in [0.15, 0.2) is 0 Å².